The van der Waals surface area contributed by atoms with E-state index in [1.165, 1.54) is 19.3 Å². The van der Waals surface area contributed by atoms with Gasteiger partial charge in [-0.1, -0.05) is 19.3 Å². The number of hydrogen-bond acceptors (Lipinski definition) is 2. The lowest BCUT2D eigenvalue weighted by molar-refractivity contribution is -0.114. The number of hydrogen-bond donors (Lipinski definition) is 2. The normalized spacial score (nSPS) is 24.5. The van der Waals surface area contributed by atoms with Crippen LogP contribution in [0.2, 0.25) is 0 Å². The van der Waals surface area contributed by atoms with Crippen LogP contribution in [-0.2, 0) is 4.79 Å². The molecule has 0 aromatic carbocycles. The second-order valence-corrected chi connectivity index (χ2v) is 3.80. The molecule has 0 aromatic heterocycles. The topological polar surface area (TPSA) is 53.0 Å². The van der Waals surface area contributed by atoms with Crippen molar-refractivity contribution in [1.29, 1.82) is 5.41 Å². The van der Waals surface area contributed by atoms with E-state index in [0.717, 1.165) is 18.4 Å². The summed E-state index contributed by atoms with van der Waals surface area (Å²) in [6, 6.07) is 0. The fraction of sp³-hybridized carbons (Fsp3) is 0.600. The Balaban J connectivity index is 2.10. The zero-order chi connectivity index (χ0) is 9.26. The molecule has 1 heterocycles. The van der Waals surface area contributed by atoms with Gasteiger partial charge in [0.2, 0.25) is 5.91 Å². The lowest BCUT2D eigenvalue weighted by atomic mass is 9.84. The monoisotopic (exact) mass is 178 g/mol. The van der Waals surface area contributed by atoms with E-state index in [-0.39, 0.29) is 5.91 Å². The quantitative estimate of drug-likeness (QED) is 0.629. The van der Waals surface area contributed by atoms with Crippen LogP contribution >= 0.6 is 0 Å². The highest BCUT2D eigenvalue weighted by Gasteiger charge is 2.26. The van der Waals surface area contributed by atoms with E-state index in [9.17, 15) is 4.79 Å². The van der Waals surface area contributed by atoms with E-state index in [1.807, 2.05) is 0 Å². The summed E-state index contributed by atoms with van der Waals surface area (Å²) in [6.07, 6.45) is 7.66. The number of carbonyl (C=O) groups excluding carboxylic acids is 1. The molecule has 1 aliphatic heterocycles. The molecule has 0 radical (unpaired) electrons. The highest BCUT2D eigenvalue weighted by Crippen LogP contribution is 2.30. The number of amidine groups is 1. The van der Waals surface area contributed by atoms with Gasteiger partial charge in [-0.05, 0) is 18.8 Å². The van der Waals surface area contributed by atoms with E-state index in [4.69, 9.17) is 5.41 Å². The third-order valence-corrected chi connectivity index (χ3v) is 2.87. The molecule has 0 unspecified atom stereocenters. The Labute approximate surface area is 77.7 Å². The van der Waals surface area contributed by atoms with Crippen molar-refractivity contribution in [3.05, 3.63) is 11.6 Å². The van der Waals surface area contributed by atoms with Crippen LogP contribution in [0.25, 0.3) is 0 Å². The summed E-state index contributed by atoms with van der Waals surface area (Å²) >= 11 is 0. The minimum atomic E-state index is -0.120. The molecular formula is C10H14N2O. The van der Waals surface area contributed by atoms with Crippen LogP contribution in [0.1, 0.15) is 32.1 Å². The Morgan fingerprint density at radius 2 is 2.00 bits per heavy atom. The first-order valence-corrected chi connectivity index (χ1v) is 4.89. The Bertz CT molecular complexity index is 275. The molecule has 0 bridgehead atoms. The van der Waals surface area contributed by atoms with Crippen molar-refractivity contribution in [1.82, 2.24) is 5.32 Å². The van der Waals surface area contributed by atoms with Gasteiger partial charge in [0, 0.05) is 11.6 Å². The third-order valence-electron chi connectivity index (χ3n) is 2.87. The molecule has 70 valence electrons. The first-order valence-electron chi connectivity index (χ1n) is 4.89. The molecule has 3 heteroatoms. The number of rotatable bonds is 1. The zero-order valence-corrected chi connectivity index (χ0v) is 7.60. The van der Waals surface area contributed by atoms with Gasteiger partial charge in [-0.3, -0.25) is 10.2 Å². The van der Waals surface area contributed by atoms with Crippen LogP contribution in [-0.4, -0.2) is 11.7 Å². The summed E-state index contributed by atoms with van der Waals surface area (Å²) in [5.41, 5.74) is 0.935. The van der Waals surface area contributed by atoms with Crippen molar-refractivity contribution in [2.45, 2.75) is 32.1 Å². The molecular weight excluding hydrogens is 164 g/mol. The van der Waals surface area contributed by atoms with Crippen LogP contribution in [0.4, 0.5) is 0 Å². The SMILES string of the molecule is N=C1NC(=O)C=C1C1CCCCC1. The standard InChI is InChI=1S/C10H14N2O/c11-10-8(6-9(13)12-10)7-4-2-1-3-5-7/h6-7H,1-5H2,(H2,11,12,13). The molecule has 0 atom stereocenters. The van der Waals surface area contributed by atoms with E-state index >= 15 is 0 Å². The summed E-state index contributed by atoms with van der Waals surface area (Å²) < 4.78 is 0. The predicted molar refractivity (Wildman–Crippen MR) is 50.5 cm³/mol. The average molecular weight is 178 g/mol. The molecule has 0 aromatic rings. The minimum Gasteiger partial charge on any atom is -0.307 e. The molecule has 3 nitrogen and oxygen atoms in total. The van der Waals surface area contributed by atoms with Crippen molar-refractivity contribution in [2.24, 2.45) is 5.92 Å². The van der Waals surface area contributed by atoms with Gasteiger partial charge in [-0.15, -0.1) is 0 Å². The molecule has 13 heavy (non-hydrogen) atoms. The molecule has 1 fully saturated rings. The number of carbonyl (C=O) groups is 1. The number of amides is 1. The fourth-order valence-electron chi connectivity index (χ4n) is 2.18. The van der Waals surface area contributed by atoms with Crippen molar-refractivity contribution in [2.75, 3.05) is 0 Å². The summed E-state index contributed by atoms with van der Waals surface area (Å²) in [5, 5.41) is 10.1. The van der Waals surface area contributed by atoms with Crippen LogP contribution in [0.5, 0.6) is 0 Å². The van der Waals surface area contributed by atoms with Crippen LogP contribution in [0.15, 0.2) is 11.6 Å². The van der Waals surface area contributed by atoms with Crippen LogP contribution in [0, 0.1) is 11.3 Å². The van der Waals surface area contributed by atoms with Gasteiger partial charge in [0.25, 0.3) is 0 Å². The molecule has 1 saturated carbocycles. The third kappa shape index (κ3) is 1.64. The maximum atomic E-state index is 11.0. The van der Waals surface area contributed by atoms with Gasteiger partial charge in [-0.25, -0.2) is 0 Å². The predicted octanol–water partition coefficient (Wildman–Crippen LogP) is 1.60. The minimum absolute atomic E-state index is 0.120. The molecule has 1 amide bonds. The molecule has 0 spiro atoms. The van der Waals surface area contributed by atoms with E-state index in [2.05, 4.69) is 5.32 Å². The maximum Gasteiger partial charge on any atom is 0.249 e. The van der Waals surface area contributed by atoms with E-state index in [1.54, 1.807) is 6.08 Å². The fourth-order valence-corrected chi connectivity index (χ4v) is 2.18. The molecule has 2 N–H and O–H groups in total. The first kappa shape index (κ1) is 8.48. The Morgan fingerprint density at radius 3 is 2.54 bits per heavy atom. The average Bonchev–Trinajstić information content (AvgIpc) is 2.47. The molecule has 2 aliphatic rings. The largest absolute Gasteiger partial charge is 0.307 e. The summed E-state index contributed by atoms with van der Waals surface area (Å²) in [7, 11) is 0. The van der Waals surface area contributed by atoms with Gasteiger partial charge in [0.15, 0.2) is 0 Å². The molecule has 2 rings (SSSR count). The molecule has 0 saturated heterocycles. The van der Waals surface area contributed by atoms with E-state index < -0.39 is 0 Å². The van der Waals surface area contributed by atoms with E-state index in [0.29, 0.717) is 11.8 Å². The Hall–Kier alpha value is -1.12. The van der Waals surface area contributed by atoms with Crippen molar-refractivity contribution < 1.29 is 4.79 Å². The second-order valence-electron chi connectivity index (χ2n) is 3.80. The van der Waals surface area contributed by atoms with Gasteiger partial charge in [-0.2, -0.15) is 0 Å². The van der Waals surface area contributed by atoms with Crippen molar-refractivity contribution in [3.63, 3.8) is 0 Å². The smallest absolute Gasteiger partial charge is 0.249 e. The highest BCUT2D eigenvalue weighted by atomic mass is 16.1. The lowest BCUT2D eigenvalue weighted by Gasteiger charge is -2.22. The highest BCUT2D eigenvalue weighted by molar-refractivity contribution is 6.17. The van der Waals surface area contributed by atoms with Gasteiger partial charge in [0.1, 0.15) is 5.84 Å². The van der Waals surface area contributed by atoms with Gasteiger partial charge in [0.05, 0.1) is 0 Å². The number of nitrogens with one attached hydrogen (secondary N) is 2. The summed E-state index contributed by atoms with van der Waals surface area (Å²) in [5.74, 6) is 0.669. The molecule has 1 aliphatic carbocycles. The maximum absolute atomic E-state index is 11.0. The first-order chi connectivity index (χ1) is 6.27. The van der Waals surface area contributed by atoms with Gasteiger partial charge >= 0.3 is 0 Å². The summed E-state index contributed by atoms with van der Waals surface area (Å²) in [4.78, 5) is 11.0. The zero-order valence-electron chi connectivity index (χ0n) is 7.60. The second kappa shape index (κ2) is 3.32. The lowest BCUT2D eigenvalue weighted by Crippen LogP contribution is -2.24. The Kier molecular flexibility index (Phi) is 2.17. The Morgan fingerprint density at radius 1 is 1.31 bits per heavy atom. The van der Waals surface area contributed by atoms with Crippen LogP contribution in [0.3, 0.4) is 0 Å². The summed E-state index contributed by atoms with van der Waals surface area (Å²) in [6.45, 7) is 0. The van der Waals surface area contributed by atoms with Crippen molar-refractivity contribution in [3.8, 4) is 0 Å². The van der Waals surface area contributed by atoms with Crippen LogP contribution < -0.4 is 5.32 Å². The van der Waals surface area contributed by atoms with Crippen molar-refractivity contribution >= 4 is 11.7 Å². The van der Waals surface area contributed by atoms with Gasteiger partial charge < -0.3 is 5.32 Å².